The van der Waals surface area contributed by atoms with Gasteiger partial charge < -0.3 is 20.3 Å². The van der Waals surface area contributed by atoms with Crippen LogP contribution in [-0.2, 0) is 16.1 Å². The lowest BCUT2D eigenvalue weighted by Gasteiger charge is -2.07. The second kappa shape index (κ2) is 5.97. The third-order valence-corrected chi connectivity index (χ3v) is 1.99. The van der Waals surface area contributed by atoms with Crippen LogP contribution in [0.15, 0.2) is 18.2 Å². The molecule has 0 aromatic heterocycles. The zero-order chi connectivity index (χ0) is 12.0. The number of hydrogen-bond acceptors (Lipinski definition) is 5. The Bertz CT molecular complexity index is 365. The molecule has 0 atom stereocenters. The Balaban J connectivity index is 2.43. The summed E-state index contributed by atoms with van der Waals surface area (Å²) in [5, 5.41) is 21.5. The molecule has 88 valence electrons. The number of rotatable bonds is 5. The summed E-state index contributed by atoms with van der Waals surface area (Å²) < 4.78 is 4.72. The lowest BCUT2D eigenvalue weighted by Crippen LogP contribution is -2.24. The quantitative estimate of drug-likeness (QED) is 0.509. The molecule has 5 nitrogen and oxygen atoms in total. The summed E-state index contributed by atoms with van der Waals surface area (Å²) >= 11 is 0. The Morgan fingerprint density at radius 1 is 1.44 bits per heavy atom. The predicted octanol–water partition coefficient (Wildman–Crippen LogP) is 0.750. The maximum absolute atomic E-state index is 11.0. The number of aromatic hydroxyl groups is 2. The van der Waals surface area contributed by atoms with Gasteiger partial charge in [-0.1, -0.05) is 12.1 Å². The second-order valence-electron chi connectivity index (χ2n) is 3.19. The van der Waals surface area contributed by atoms with Gasteiger partial charge in [0.05, 0.1) is 13.2 Å². The van der Waals surface area contributed by atoms with Gasteiger partial charge in [0.25, 0.3) is 0 Å². The number of ether oxygens (including phenoxy) is 1. The maximum atomic E-state index is 11.0. The second-order valence-corrected chi connectivity index (χ2v) is 3.19. The van der Waals surface area contributed by atoms with Crippen LogP contribution in [0.5, 0.6) is 11.5 Å². The van der Waals surface area contributed by atoms with Crippen LogP contribution in [0.1, 0.15) is 12.5 Å². The molecule has 1 rings (SSSR count). The first-order valence-corrected chi connectivity index (χ1v) is 5.01. The van der Waals surface area contributed by atoms with Gasteiger partial charge >= 0.3 is 5.97 Å². The zero-order valence-corrected chi connectivity index (χ0v) is 9.06. The molecule has 0 aliphatic carbocycles. The minimum absolute atomic E-state index is 0.0724. The Morgan fingerprint density at radius 2 is 2.19 bits per heavy atom. The molecule has 0 radical (unpaired) electrons. The van der Waals surface area contributed by atoms with Crippen molar-refractivity contribution >= 4 is 5.97 Å². The van der Waals surface area contributed by atoms with Gasteiger partial charge in [0.15, 0.2) is 11.5 Å². The fourth-order valence-corrected chi connectivity index (χ4v) is 1.23. The van der Waals surface area contributed by atoms with E-state index in [4.69, 9.17) is 4.74 Å². The summed E-state index contributed by atoms with van der Waals surface area (Å²) in [6.07, 6.45) is 0. The van der Waals surface area contributed by atoms with Crippen molar-refractivity contribution < 1.29 is 19.7 Å². The molecule has 0 saturated carbocycles. The smallest absolute Gasteiger partial charge is 0.319 e. The summed E-state index contributed by atoms with van der Waals surface area (Å²) in [6.45, 7) is 2.44. The first-order chi connectivity index (χ1) is 7.65. The van der Waals surface area contributed by atoms with Crippen LogP contribution in [0.2, 0.25) is 0 Å². The summed E-state index contributed by atoms with van der Waals surface area (Å²) in [7, 11) is 0. The van der Waals surface area contributed by atoms with Crippen LogP contribution >= 0.6 is 0 Å². The number of para-hydroxylation sites is 1. The molecular formula is C11H15NO4. The molecule has 0 aliphatic rings. The van der Waals surface area contributed by atoms with Crippen molar-refractivity contribution in [3.63, 3.8) is 0 Å². The van der Waals surface area contributed by atoms with Gasteiger partial charge in [-0.15, -0.1) is 0 Å². The molecule has 1 aromatic carbocycles. The van der Waals surface area contributed by atoms with E-state index in [1.165, 1.54) is 6.07 Å². The number of nitrogens with one attached hydrogen (secondary N) is 1. The monoisotopic (exact) mass is 225 g/mol. The highest BCUT2D eigenvalue weighted by Crippen LogP contribution is 2.27. The molecule has 16 heavy (non-hydrogen) atoms. The maximum Gasteiger partial charge on any atom is 0.319 e. The van der Waals surface area contributed by atoms with Crippen molar-refractivity contribution in [3.8, 4) is 11.5 Å². The zero-order valence-electron chi connectivity index (χ0n) is 9.06. The van der Waals surface area contributed by atoms with E-state index in [0.717, 1.165) is 0 Å². The Hall–Kier alpha value is -1.75. The average Bonchev–Trinajstić information content (AvgIpc) is 2.25. The first kappa shape index (κ1) is 12.3. The van der Waals surface area contributed by atoms with Crippen molar-refractivity contribution in [1.82, 2.24) is 5.32 Å². The topological polar surface area (TPSA) is 78.8 Å². The third-order valence-electron chi connectivity index (χ3n) is 1.99. The molecule has 0 fully saturated rings. The largest absolute Gasteiger partial charge is 0.504 e. The predicted molar refractivity (Wildman–Crippen MR) is 58.1 cm³/mol. The Kier molecular flexibility index (Phi) is 4.60. The molecule has 5 heteroatoms. The number of esters is 1. The molecular weight excluding hydrogens is 210 g/mol. The SMILES string of the molecule is CCOC(=O)CNCc1cccc(O)c1O. The van der Waals surface area contributed by atoms with Crippen LogP contribution in [0, 0.1) is 0 Å². The summed E-state index contributed by atoms with van der Waals surface area (Å²) in [6, 6.07) is 4.67. The molecule has 0 aliphatic heterocycles. The number of carbonyl (C=O) groups excluding carboxylic acids is 1. The van der Waals surface area contributed by atoms with Gasteiger partial charge in [-0.2, -0.15) is 0 Å². The normalized spacial score (nSPS) is 10.1. The highest BCUT2D eigenvalue weighted by Gasteiger charge is 2.06. The molecule has 0 bridgehead atoms. The number of benzene rings is 1. The van der Waals surface area contributed by atoms with Crippen molar-refractivity contribution in [2.45, 2.75) is 13.5 Å². The minimum Gasteiger partial charge on any atom is -0.504 e. The van der Waals surface area contributed by atoms with E-state index in [9.17, 15) is 15.0 Å². The average molecular weight is 225 g/mol. The molecule has 1 aromatic rings. The molecule has 0 saturated heterocycles. The number of hydrogen-bond donors (Lipinski definition) is 3. The lowest BCUT2D eigenvalue weighted by atomic mass is 10.2. The number of carbonyl (C=O) groups is 1. The van der Waals surface area contributed by atoms with Gasteiger partial charge in [-0.05, 0) is 13.0 Å². The van der Waals surface area contributed by atoms with E-state index in [0.29, 0.717) is 18.7 Å². The van der Waals surface area contributed by atoms with E-state index in [1.54, 1.807) is 19.1 Å². The minimum atomic E-state index is -0.345. The molecule has 3 N–H and O–H groups in total. The standard InChI is InChI=1S/C11H15NO4/c1-2-16-10(14)7-12-6-8-4-3-5-9(13)11(8)15/h3-5,12-13,15H,2,6-7H2,1H3. The molecule has 0 unspecified atom stereocenters. The van der Waals surface area contributed by atoms with Crippen LogP contribution in [-0.4, -0.2) is 29.3 Å². The van der Waals surface area contributed by atoms with Crippen molar-refractivity contribution in [2.24, 2.45) is 0 Å². The molecule has 0 amide bonds. The fraction of sp³-hybridized carbons (Fsp3) is 0.364. The van der Waals surface area contributed by atoms with Crippen molar-refractivity contribution in [3.05, 3.63) is 23.8 Å². The van der Waals surface area contributed by atoms with Gasteiger partial charge in [-0.25, -0.2) is 0 Å². The van der Waals surface area contributed by atoms with Crippen molar-refractivity contribution in [1.29, 1.82) is 0 Å². The van der Waals surface area contributed by atoms with E-state index in [-0.39, 0.29) is 24.0 Å². The summed E-state index contributed by atoms with van der Waals surface area (Å²) in [4.78, 5) is 11.0. The fourth-order valence-electron chi connectivity index (χ4n) is 1.23. The van der Waals surface area contributed by atoms with Crippen LogP contribution < -0.4 is 5.32 Å². The summed E-state index contributed by atoms with van der Waals surface area (Å²) in [5.74, 6) is -0.684. The van der Waals surface area contributed by atoms with Gasteiger partial charge in [0.1, 0.15) is 0 Å². The van der Waals surface area contributed by atoms with Gasteiger partial charge in [0, 0.05) is 12.1 Å². The molecule has 0 heterocycles. The van der Waals surface area contributed by atoms with Crippen LogP contribution in [0.3, 0.4) is 0 Å². The molecule has 0 spiro atoms. The Labute approximate surface area is 93.7 Å². The Morgan fingerprint density at radius 3 is 2.88 bits per heavy atom. The van der Waals surface area contributed by atoms with E-state index in [1.807, 2.05) is 0 Å². The first-order valence-electron chi connectivity index (χ1n) is 5.01. The van der Waals surface area contributed by atoms with Crippen molar-refractivity contribution in [2.75, 3.05) is 13.2 Å². The highest BCUT2D eigenvalue weighted by molar-refractivity contribution is 5.71. The van der Waals surface area contributed by atoms with Crippen LogP contribution in [0.4, 0.5) is 0 Å². The highest BCUT2D eigenvalue weighted by atomic mass is 16.5. The van der Waals surface area contributed by atoms with Gasteiger partial charge in [0.2, 0.25) is 0 Å². The number of phenols is 2. The van der Waals surface area contributed by atoms with E-state index >= 15 is 0 Å². The van der Waals surface area contributed by atoms with Crippen LogP contribution in [0.25, 0.3) is 0 Å². The number of phenolic OH excluding ortho intramolecular Hbond substituents is 2. The van der Waals surface area contributed by atoms with E-state index in [2.05, 4.69) is 5.32 Å². The lowest BCUT2D eigenvalue weighted by molar-refractivity contribution is -0.142. The van der Waals surface area contributed by atoms with E-state index < -0.39 is 0 Å². The summed E-state index contributed by atoms with van der Waals surface area (Å²) in [5.41, 5.74) is 0.532. The third kappa shape index (κ3) is 3.43. The van der Waals surface area contributed by atoms with Gasteiger partial charge in [-0.3, -0.25) is 4.79 Å².